The summed E-state index contributed by atoms with van der Waals surface area (Å²) in [5.41, 5.74) is 3.20. The lowest BCUT2D eigenvalue weighted by molar-refractivity contribution is -0.402. The predicted molar refractivity (Wildman–Crippen MR) is 85.8 cm³/mol. The lowest BCUT2D eigenvalue weighted by Crippen LogP contribution is -2.17. The predicted octanol–water partition coefficient (Wildman–Crippen LogP) is 2.30. The van der Waals surface area contributed by atoms with Crippen LogP contribution in [0.4, 0.5) is 11.6 Å². The zero-order valence-corrected chi connectivity index (χ0v) is 12.7. The molecule has 1 heterocycles. The Bertz CT molecular complexity index is 779. The maximum absolute atomic E-state index is 11.9. The Morgan fingerprint density at radius 2 is 1.96 bits per heavy atom. The Kier molecular flexibility index (Phi) is 5.40. The molecular formula is C15H14N4O5. The molecule has 1 aromatic carbocycles. The van der Waals surface area contributed by atoms with Crippen LogP contribution in [0.3, 0.4) is 0 Å². The highest BCUT2D eigenvalue weighted by Crippen LogP contribution is 2.14. The molecule has 0 unspecified atom stereocenters. The number of anilines is 1. The zero-order valence-electron chi connectivity index (χ0n) is 12.7. The first-order chi connectivity index (χ1) is 11.5. The summed E-state index contributed by atoms with van der Waals surface area (Å²) in [5.74, 6) is -0.864. The number of nitrogens with one attached hydrogen (secondary N) is 2. The van der Waals surface area contributed by atoms with Gasteiger partial charge in [0.25, 0.3) is 5.91 Å². The number of nitro groups is 1. The van der Waals surface area contributed by atoms with Gasteiger partial charge in [-0.1, -0.05) is 6.92 Å². The lowest BCUT2D eigenvalue weighted by atomic mass is 10.2. The molecule has 2 N–H and O–H groups in total. The molecule has 0 aliphatic heterocycles. The fourth-order valence-corrected chi connectivity index (χ4v) is 1.68. The van der Waals surface area contributed by atoms with E-state index in [1.165, 1.54) is 24.3 Å². The van der Waals surface area contributed by atoms with Crippen molar-refractivity contribution in [2.24, 2.45) is 5.10 Å². The molecule has 2 amide bonds. The van der Waals surface area contributed by atoms with Crippen LogP contribution in [0.1, 0.15) is 29.5 Å². The van der Waals surface area contributed by atoms with E-state index in [0.717, 1.165) is 6.21 Å². The van der Waals surface area contributed by atoms with E-state index >= 15 is 0 Å². The van der Waals surface area contributed by atoms with Crippen LogP contribution in [0.2, 0.25) is 0 Å². The van der Waals surface area contributed by atoms with E-state index in [1.54, 1.807) is 19.1 Å². The fraction of sp³-hybridized carbons (Fsp3) is 0.133. The molecule has 0 spiro atoms. The summed E-state index contributed by atoms with van der Waals surface area (Å²) < 4.78 is 4.86. The Hall–Kier alpha value is -3.49. The molecule has 9 nitrogen and oxygen atoms in total. The van der Waals surface area contributed by atoms with Crippen LogP contribution in [-0.2, 0) is 4.79 Å². The van der Waals surface area contributed by atoms with Crippen molar-refractivity contribution in [1.82, 2.24) is 5.43 Å². The monoisotopic (exact) mass is 330 g/mol. The third-order valence-electron chi connectivity index (χ3n) is 2.90. The molecule has 0 fully saturated rings. The molecule has 0 saturated carbocycles. The van der Waals surface area contributed by atoms with Gasteiger partial charge < -0.3 is 9.73 Å². The number of hydrogen-bond donors (Lipinski definition) is 2. The van der Waals surface area contributed by atoms with E-state index in [1.807, 2.05) is 0 Å². The van der Waals surface area contributed by atoms with Gasteiger partial charge in [-0.2, -0.15) is 5.10 Å². The second-order valence-electron chi connectivity index (χ2n) is 4.61. The van der Waals surface area contributed by atoms with Crippen LogP contribution < -0.4 is 10.7 Å². The van der Waals surface area contributed by atoms with E-state index in [4.69, 9.17) is 4.42 Å². The van der Waals surface area contributed by atoms with Gasteiger partial charge in [-0.05, 0) is 30.3 Å². The first-order valence-electron chi connectivity index (χ1n) is 6.97. The van der Waals surface area contributed by atoms with E-state index < -0.39 is 16.7 Å². The third kappa shape index (κ3) is 4.50. The summed E-state index contributed by atoms with van der Waals surface area (Å²) in [6, 6.07) is 8.82. The van der Waals surface area contributed by atoms with Crippen LogP contribution in [0.25, 0.3) is 0 Å². The SMILES string of the molecule is CCC(=O)Nc1ccc(C(=O)NN=Cc2ccc([N+](=O)[O-])o2)cc1. The minimum absolute atomic E-state index is 0.121. The normalized spacial score (nSPS) is 10.5. The van der Waals surface area contributed by atoms with Crippen LogP contribution in [0.5, 0.6) is 0 Å². The summed E-state index contributed by atoms with van der Waals surface area (Å²) in [7, 11) is 0. The van der Waals surface area contributed by atoms with Crippen LogP contribution >= 0.6 is 0 Å². The van der Waals surface area contributed by atoms with E-state index in [-0.39, 0.29) is 11.7 Å². The van der Waals surface area contributed by atoms with Gasteiger partial charge in [0.1, 0.15) is 4.92 Å². The highest BCUT2D eigenvalue weighted by molar-refractivity contribution is 5.96. The van der Waals surface area contributed by atoms with Crippen molar-refractivity contribution in [2.75, 3.05) is 5.32 Å². The average Bonchev–Trinajstić information content (AvgIpc) is 3.04. The van der Waals surface area contributed by atoms with Gasteiger partial charge in [-0.3, -0.25) is 19.7 Å². The molecule has 2 rings (SSSR count). The third-order valence-corrected chi connectivity index (χ3v) is 2.90. The number of hydrazone groups is 1. The number of amides is 2. The van der Waals surface area contributed by atoms with Gasteiger partial charge in [0.15, 0.2) is 5.76 Å². The van der Waals surface area contributed by atoms with Crippen molar-refractivity contribution in [3.63, 3.8) is 0 Å². The number of carbonyl (C=O) groups excluding carboxylic acids is 2. The van der Waals surface area contributed by atoms with Crippen molar-refractivity contribution in [2.45, 2.75) is 13.3 Å². The topological polar surface area (TPSA) is 127 Å². The molecule has 0 atom stereocenters. The van der Waals surface area contributed by atoms with Crippen LogP contribution in [0.15, 0.2) is 45.9 Å². The van der Waals surface area contributed by atoms with Gasteiger partial charge in [0, 0.05) is 17.7 Å². The van der Waals surface area contributed by atoms with Crippen molar-refractivity contribution in [3.05, 3.63) is 57.8 Å². The van der Waals surface area contributed by atoms with E-state index in [0.29, 0.717) is 17.7 Å². The van der Waals surface area contributed by atoms with Gasteiger partial charge in [-0.15, -0.1) is 0 Å². The lowest BCUT2D eigenvalue weighted by Gasteiger charge is -2.04. The molecule has 0 saturated heterocycles. The summed E-state index contributed by atoms with van der Waals surface area (Å²) in [6.07, 6.45) is 1.52. The Morgan fingerprint density at radius 3 is 2.54 bits per heavy atom. The quantitative estimate of drug-likeness (QED) is 0.477. The molecule has 124 valence electrons. The highest BCUT2D eigenvalue weighted by atomic mass is 16.6. The standard InChI is InChI=1S/C15H14N4O5/c1-2-13(20)17-11-5-3-10(4-6-11)15(21)18-16-9-12-7-8-14(24-12)19(22)23/h3-9H,2H2,1H3,(H,17,20)(H,18,21). The number of hydrogen-bond acceptors (Lipinski definition) is 6. The molecule has 24 heavy (non-hydrogen) atoms. The molecule has 1 aromatic heterocycles. The first-order valence-corrected chi connectivity index (χ1v) is 6.97. The number of furan rings is 1. The molecule has 0 aliphatic rings. The minimum atomic E-state index is -0.672. The summed E-state index contributed by atoms with van der Waals surface area (Å²) >= 11 is 0. The number of nitrogens with zero attached hydrogens (tertiary/aromatic N) is 2. The second-order valence-corrected chi connectivity index (χ2v) is 4.61. The van der Waals surface area contributed by atoms with Crippen molar-refractivity contribution in [3.8, 4) is 0 Å². The Morgan fingerprint density at radius 1 is 1.25 bits per heavy atom. The largest absolute Gasteiger partial charge is 0.433 e. The molecule has 0 radical (unpaired) electrons. The summed E-state index contributed by atoms with van der Waals surface area (Å²) in [6.45, 7) is 1.74. The van der Waals surface area contributed by atoms with Crippen LogP contribution in [-0.4, -0.2) is 23.0 Å². The first kappa shape index (κ1) is 16.9. The van der Waals surface area contributed by atoms with Crippen molar-refractivity contribution in [1.29, 1.82) is 0 Å². The fourth-order valence-electron chi connectivity index (χ4n) is 1.68. The molecular weight excluding hydrogens is 316 g/mol. The van der Waals surface area contributed by atoms with Gasteiger partial charge in [-0.25, -0.2) is 5.43 Å². The number of benzene rings is 1. The zero-order chi connectivity index (χ0) is 17.5. The highest BCUT2D eigenvalue weighted by Gasteiger charge is 2.10. The van der Waals surface area contributed by atoms with Gasteiger partial charge >= 0.3 is 5.88 Å². The Balaban J connectivity index is 1.93. The average molecular weight is 330 g/mol. The minimum Gasteiger partial charge on any atom is -0.400 e. The summed E-state index contributed by atoms with van der Waals surface area (Å²) in [4.78, 5) is 32.9. The van der Waals surface area contributed by atoms with Crippen molar-refractivity contribution >= 4 is 29.6 Å². The summed E-state index contributed by atoms with van der Waals surface area (Å²) in [5, 5.41) is 16.8. The van der Waals surface area contributed by atoms with E-state index in [9.17, 15) is 19.7 Å². The molecule has 2 aromatic rings. The number of carbonyl (C=O) groups is 2. The maximum Gasteiger partial charge on any atom is 0.433 e. The number of rotatable bonds is 6. The smallest absolute Gasteiger partial charge is 0.400 e. The second kappa shape index (κ2) is 7.68. The van der Waals surface area contributed by atoms with Gasteiger partial charge in [0.2, 0.25) is 5.91 Å². The van der Waals surface area contributed by atoms with Crippen molar-refractivity contribution < 1.29 is 18.9 Å². The van der Waals surface area contributed by atoms with Gasteiger partial charge in [0.05, 0.1) is 12.3 Å². The van der Waals surface area contributed by atoms with Crippen LogP contribution in [0, 0.1) is 10.1 Å². The van der Waals surface area contributed by atoms with E-state index in [2.05, 4.69) is 15.8 Å². The molecule has 0 bridgehead atoms. The molecule has 0 aliphatic carbocycles. The maximum atomic E-state index is 11.9. The molecule has 9 heteroatoms. The Labute approximate surface area is 136 Å².